The second kappa shape index (κ2) is 11.3. The quantitative estimate of drug-likeness (QED) is 0.404. The van der Waals surface area contributed by atoms with Crippen LogP contribution in [0.25, 0.3) is 0 Å². The molecule has 6 nitrogen and oxygen atoms in total. The van der Waals surface area contributed by atoms with Crippen molar-refractivity contribution >= 4 is 17.7 Å². The average Bonchev–Trinajstić information content (AvgIpc) is 2.87. The molecule has 1 fully saturated rings. The van der Waals surface area contributed by atoms with E-state index in [1.165, 1.54) is 24.0 Å². The maximum absolute atomic E-state index is 12.5. The highest BCUT2D eigenvalue weighted by atomic mass is 16.5. The van der Waals surface area contributed by atoms with Gasteiger partial charge in [-0.25, -0.2) is 0 Å². The molecule has 6 heteroatoms. The van der Waals surface area contributed by atoms with Gasteiger partial charge < -0.3 is 15.2 Å². The Bertz CT molecular complexity index is 1020. The second-order valence-electron chi connectivity index (χ2n) is 9.43. The number of carbonyl (C=O) groups excluding carboxylic acids is 2. The van der Waals surface area contributed by atoms with Crippen LogP contribution in [0.15, 0.2) is 42.5 Å². The molecule has 34 heavy (non-hydrogen) atoms. The first-order chi connectivity index (χ1) is 16.5. The normalized spacial score (nSPS) is 19.6. The number of hydrogen-bond acceptors (Lipinski definition) is 4. The predicted octanol–water partition coefficient (Wildman–Crippen LogP) is 4.98. The predicted molar refractivity (Wildman–Crippen MR) is 129 cm³/mol. The summed E-state index contributed by atoms with van der Waals surface area (Å²) in [4.78, 5) is 36.0. The number of hydrogen-bond donors (Lipinski definition) is 2. The van der Waals surface area contributed by atoms with E-state index in [1.54, 1.807) is 24.3 Å². The highest BCUT2D eigenvalue weighted by Crippen LogP contribution is 2.28. The Kier molecular flexibility index (Phi) is 7.99. The topological polar surface area (TPSA) is 92.7 Å². The Labute approximate surface area is 200 Å². The van der Waals surface area contributed by atoms with Gasteiger partial charge in [0.05, 0.1) is 12.0 Å². The number of ether oxygens (including phenoxy) is 1. The Hall–Kier alpha value is -3.15. The van der Waals surface area contributed by atoms with Crippen molar-refractivity contribution in [3.63, 3.8) is 0 Å². The highest BCUT2D eigenvalue weighted by Gasteiger charge is 2.26. The average molecular weight is 464 g/mol. The van der Waals surface area contributed by atoms with Gasteiger partial charge in [0.2, 0.25) is 0 Å². The monoisotopic (exact) mass is 463 g/mol. The van der Waals surface area contributed by atoms with Gasteiger partial charge >= 0.3 is 5.97 Å². The zero-order chi connectivity index (χ0) is 23.9. The molecule has 0 saturated heterocycles. The minimum Gasteiger partial charge on any atom is -0.490 e. The van der Waals surface area contributed by atoms with Gasteiger partial charge in [-0.05, 0) is 105 Å². The lowest BCUT2D eigenvalue weighted by Crippen LogP contribution is -2.27. The van der Waals surface area contributed by atoms with Gasteiger partial charge in [0, 0.05) is 24.1 Å². The Morgan fingerprint density at radius 1 is 0.882 bits per heavy atom. The summed E-state index contributed by atoms with van der Waals surface area (Å²) in [5, 5.41) is 12.0. The third-order valence-corrected chi connectivity index (χ3v) is 6.98. The number of Topliss-reactive ketones (excluding diaryl/α,β-unsaturated/α-hetero) is 1. The minimum atomic E-state index is -0.723. The van der Waals surface area contributed by atoms with Gasteiger partial charge in [0.15, 0.2) is 5.78 Å². The maximum atomic E-state index is 12.5. The second-order valence-corrected chi connectivity index (χ2v) is 9.43. The smallest absolute Gasteiger partial charge is 0.306 e. The third-order valence-electron chi connectivity index (χ3n) is 6.98. The van der Waals surface area contributed by atoms with E-state index in [9.17, 15) is 14.4 Å². The standard InChI is InChI=1S/C28H33NO5/c30-26(6-3-17-29-27(31)23-8-7-19-4-1-2-5-22(19)18-23)20-9-13-24(14-10-20)34-25-15-11-21(12-16-25)28(32)33/h7-10,13-14,18,21,25H,1-6,11-12,15-17H2,(H,29,31)(H,32,33). The summed E-state index contributed by atoms with van der Waals surface area (Å²) >= 11 is 0. The van der Waals surface area contributed by atoms with E-state index < -0.39 is 5.97 Å². The number of ketones is 1. The molecule has 0 aliphatic heterocycles. The number of carboxylic acids is 1. The number of aryl methyl sites for hydroxylation is 2. The molecule has 2 N–H and O–H groups in total. The number of rotatable bonds is 9. The number of fused-ring (bicyclic) bond motifs is 1. The van der Waals surface area contributed by atoms with Crippen LogP contribution in [0.5, 0.6) is 5.75 Å². The molecule has 1 saturated carbocycles. The fourth-order valence-corrected chi connectivity index (χ4v) is 4.91. The Morgan fingerprint density at radius 2 is 1.56 bits per heavy atom. The zero-order valence-electron chi connectivity index (χ0n) is 19.6. The van der Waals surface area contributed by atoms with Gasteiger partial charge in [-0.3, -0.25) is 14.4 Å². The fourth-order valence-electron chi connectivity index (χ4n) is 4.91. The molecule has 0 spiro atoms. The first-order valence-electron chi connectivity index (χ1n) is 12.4. The largest absolute Gasteiger partial charge is 0.490 e. The van der Waals surface area contributed by atoms with Gasteiger partial charge in [0.25, 0.3) is 5.91 Å². The molecule has 4 rings (SSSR count). The van der Waals surface area contributed by atoms with Crippen molar-refractivity contribution in [3.05, 3.63) is 64.7 Å². The number of nitrogens with one attached hydrogen (secondary N) is 1. The van der Waals surface area contributed by atoms with Gasteiger partial charge in [-0.1, -0.05) is 6.07 Å². The van der Waals surface area contributed by atoms with E-state index in [2.05, 4.69) is 11.4 Å². The zero-order valence-corrected chi connectivity index (χ0v) is 19.6. The van der Waals surface area contributed by atoms with Gasteiger partial charge in [-0.2, -0.15) is 0 Å². The van der Waals surface area contributed by atoms with Crippen molar-refractivity contribution in [1.29, 1.82) is 0 Å². The molecule has 2 aliphatic carbocycles. The molecule has 0 heterocycles. The van der Waals surface area contributed by atoms with Gasteiger partial charge in [0.1, 0.15) is 5.75 Å². The van der Waals surface area contributed by atoms with E-state index in [-0.39, 0.29) is 23.7 Å². The fraction of sp³-hybridized carbons (Fsp3) is 0.464. The molecule has 1 amide bonds. The number of aliphatic carboxylic acids is 1. The van der Waals surface area contributed by atoms with Crippen molar-refractivity contribution in [2.45, 2.75) is 70.3 Å². The van der Waals surface area contributed by atoms with Crippen molar-refractivity contribution in [3.8, 4) is 5.75 Å². The van der Waals surface area contributed by atoms with Crippen LogP contribution in [-0.4, -0.2) is 35.4 Å². The molecule has 2 aliphatic rings. The maximum Gasteiger partial charge on any atom is 0.306 e. The number of carbonyl (C=O) groups is 3. The van der Waals surface area contributed by atoms with Crippen LogP contribution in [0.4, 0.5) is 0 Å². The molecule has 0 aromatic heterocycles. The molecule has 0 bridgehead atoms. The summed E-state index contributed by atoms with van der Waals surface area (Å²) in [6.07, 6.45) is 8.25. The van der Waals surface area contributed by atoms with E-state index in [4.69, 9.17) is 9.84 Å². The molecule has 2 aromatic carbocycles. The van der Waals surface area contributed by atoms with Gasteiger partial charge in [-0.15, -0.1) is 0 Å². The Morgan fingerprint density at radius 3 is 2.26 bits per heavy atom. The molecule has 180 valence electrons. The van der Waals surface area contributed by atoms with Crippen LogP contribution >= 0.6 is 0 Å². The Balaban J connectivity index is 1.18. The van der Waals surface area contributed by atoms with E-state index in [0.29, 0.717) is 49.1 Å². The van der Waals surface area contributed by atoms with Crippen LogP contribution in [0.1, 0.15) is 83.2 Å². The summed E-state index contributed by atoms with van der Waals surface area (Å²) in [7, 11) is 0. The van der Waals surface area contributed by atoms with Crippen molar-refractivity contribution < 1.29 is 24.2 Å². The molecular formula is C28H33NO5. The molecular weight excluding hydrogens is 430 g/mol. The van der Waals surface area contributed by atoms with Crippen molar-refractivity contribution in [1.82, 2.24) is 5.32 Å². The first kappa shape index (κ1) is 24.0. The minimum absolute atomic E-state index is 0.0240. The summed E-state index contributed by atoms with van der Waals surface area (Å²) in [6, 6.07) is 13.1. The van der Waals surface area contributed by atoms with Crippen molar-refractivity contribution in [2.75, 3.05) is 6.54 Å². The van der Waals surface area contributed by atoms with Crippen LogP contribution in [0.3, 0.4) is 0 Å². The van der Waals surface area contributed by atoms with E-state index >= 15 is 0 Å². The number of amides is 1. The number of carboxylic acid groups (broad SMARTS) is 1. The summed E-state index contributed by atoms with van der Waals surface area (Å²) < 4.78 is 5.97. The molecule has 0 radical (unpaired) electrons. The lowest BCUT2D eigenvalue weighted by atomic mass is 9.87. The summed E-state index contributed by atoms with van der Waals surface area (Å²) in [6.45, 7) is 0.460. The molecule has 0 unspecified atom stereocenters. The lowest BCUT2D eigenvalue weighted by Gasteiger charge is -2.26. The molecule has 2 aromatic rings. The molecule has 0 atom stereocenters. The van der Waals surface area contributed by atoms with Crippen LogP contribution in [0.2, 0.25) is 0 Å². The number of benzene rings is 2. The van der Waals surface area contributed by atoms with E-state index in [1.807, 2.05) is 12.1 Å². The van der Waals surface area contributed by atoms with E-state index in [0.717, 1.165) is 25.7 Å². The van der Waals surface area contributed by atoms with Crippen LogP contribution in [0, 0.1) is 5.92 Å². The van der Waals surface area contributed by atoms with Crippen molar-refractivity contribution in [2.24, 2.45) is 5.92 Å². The summed E-state index contributed by atoms with van der Waals surface area (Å²) in [5.41, 5.74) is 3.96. The first-order valence-corrected chi connectivity index (χ1v) is 12.4. The third kappa shape index (κ3) is 6.25. The SMILES string of the molecule is O=C(CCCNC(=O)c1ccc2c(c1)CCCC2)c1ccc(OC2CCC(C(=O)O)CC2)cc1. The highest BCUT2D eigenvalue weighted by molar-refractivity contribution is 5.96. The lowest BCUT2D eigenvalue weighted by molar-refractivity contribution is -0.143. The van der Waals surface area contributed by atoms with Crippen LogP contribution in [-0.2, 0) is 17.6 Å². The van der Waals surface area contributed by atoms with Crippen LogP contribution < -0.4 is 10.1 Å². The summed E-state index contributed by atoms with van der Waals surface area (Å²) in [5.74, 6) is -0.328.